The van der Waals surface area contributed by atoms with Gasteiger partial charge in [0, 0.05) is 25.7 Å². The van der Waals surface area contributed by atoms with Gasteiger partial charge in [-0.1, -0.05) is 6.92 Å². The van der Waals surface area contributed by atoms with E-state index in [1.807, 2.05) is 4.90 Å². The van der Waals surface area contributed by atoms with Gasteiger partial charge in [-0.2, -0.15) is 0 Å². The van der Waals surface area contributed by atoms with Crippen LogP contribution in [0.15, 0.2) is 0 Å². The van der Waals surface area contributed by atoms with Gasteiger partial charge < -0.3 is 15.3 Å². The van der Waals surface area contributed by atoms with Crippen LogP contribution >= 0.6 is 12.4 Å². The molecule has 0 atom stereocenters. The number of amides is 1. The van der Waals surface area contributed by atoms with Gasteiger partial charge in [-0.3, -0.25) is 4.79 Å². The third kappa shape index (κ3) is 3.84. The molecule has 4 nitrogen and oxygen atoms in total. The molecule has 106 valence electrons. The molecule has 0 unspecified atom stereocenters. The molecule has 1 aliphatic carbocycles. The number of hydrogen-bond donors (Lipinski definition) is 2. The van der Waals surface area contributed by atoms with E-state index in [9.17, 15) is 9.90 Å². The number of aliphatic hydroxyl groups is 1. The van der Waals surface area contributed by atoms with Crippen molar-refractivity contribution in [3.8, 4) is 0 Å². The fourth-order valence-corrected chi connectivity index (χ4v) is 2.48. The Balaban J connectivity index is 0.00000162. The second-order valence-electron chi connectivity index (χ2n) is 5.55. The number of hydrogen-bond acceptors (Lipinski definition) is 3. The van der Waals surface area contributed by atoms with Crippen molar-refractivity contribution in [2.75, 3.05) is 26.2 Å². The zero-order valence-electron chi connectivity index (χ0n) is 11.2. The molecule has 1 heterocycles. The molecule has 1 saturated carbocycles. The van der Waals surface area contributed by atoms with E-state index < -0.39 is 0 Å². The highest BCUT2D eigenvalue weighted by atomic mass is 35.5. The number of halogens is 1. The lowest BCUT2D eigenvalue weighted by Gasteiger charge is -2.40. The minimum absolute atomic E-state index is 0. The molecule has 0 aromatic heterocycles. The highest BCUT2D eigenvalue weighted by Gasteiger charge is 2.34. The first-order chi connectivity index (χ1) is 8.19. The van der Waals surface area contributed by atoms with Crippen molar-refractivity contribution in [3.63, 3.8) is 0 Å². The predicted molar refractivity (Wildman–Crippen MR) is 73.9 cm³/mol. The maximum atomic E-state index is 11.9. The second-order valence-corrected chi connectivity index (χ2v) is 5.55. The van der Waals surface area contributed by atoms with Crippen molar-refractivity contribution in [1.82, 2.24) is 10.2 Å². The number of aliphatic hydroxyl groups excluding tert-OH is 1. The summed E-state index contributed by atoms with van der Waals surface area (Å²) in [6.45, 7) is 4.48. The standard InChI is InChI=1S/C13H24N2O2.ClH/c1-2-13(10-16)5-7-15(8-6-13)12(17)9-14-11-3-4-11;/h11,14,16H,2-10H2,1H3;1H. The molecule has 2 fully saturated rings. The van der Waals surface area contributed by atoms with Crippen molar-refractivity contribution in [2.24, 2.45) is 5.41 Å². The number of carbonyl (C=O) groups excluding carboxylic acids is 1. The van der Waals surface area contributed by atoms with Gasteiger partial charge in [0.15, 0.2) is 0 Å². The van der Waals surface area contributed by atoms with Crippen LogP contribution in [0.5, 0.6) is 0 Å². The van der Waals surface area contributed by atoms with Crippen molar-refractivity contribution >= 4 is 18.3 Å². The van der Waals surface area contributed by atoms with Crippen LogP contribution in [-0.4, -0.2) is 48.2 Å². The Morgan fingerprint density at radius 1 is 1.39 bits per heavy atom. The van der Waals surface area contributed by atoms with E-state index in [4.69, 9.17) is 0 Å². The van der Waals surface area contributed by atoms with E-state index in [-0.39, 0.29) is 30.3 Å². The number of nitrogens with zero attached hydrogens (tertiary/aromatic N) is 1. The van der Waals surface area contributed by atoms with E-state index in [0.29, 0.717) is 12.6 Å². The Hall–Kier alpha value is -0.320. The van der Waals surface area contributed by atoms with Crippen molar-refractivity contribution in [3.05, 3.63) is 0 Å². The average Bonchev–Trinajstić information content (AvgIpc) is 3.20. The molecule has 0 radical (unpaired) electrons. The summed E-state index contributed by atoms with van der Waals surface area (Å²) in [6, 6.07) is 0.593. The third-order valence-electron chi connectivity index (χ3n) is 4.38. The number of piperidine rings is 1. The van der Waals surface area contributed by atoms with Gasteiger partial charge in [-0.15, -0.1) is 12.4 Å². The maximum absolute atomic E-state index is 11.9. The van der Waals surface area contributed by atoms with Gasteiger partial charge in [0.1, 0.15) is 0 Å². The highest BCUT2D eigenvalue weighted by molar-refractivity contribution is 5.85. The molecule has 2 rings (SSSR count). The van der Waals surface area contributed by atoms with Gasteiger partial charge in [-0.05, 0) is 37.5 Å². The van der Waals surface area contributed by atoms with Crippen molar-refractivity contribution < 1.29 is 9.90 Å². The fourth-order valence-electron chi connectivity index (χ4n) is 2.48. The molecule has 0 aromatic carbocycles. The zero-order valence-corrected chi connectivity index (χ0v) is 12.0. The highest BCUT2D eigenvalue weighted by Crippen LogP contribution is 2.34. The van der Waals surface area contributed by atoms with Gasteiger partial charge >= 0.3 is 0 Å². The van der Waals surface area contributed by atoms with E-state index in [2.05, 4.69) is 12.2 Å². The fraction of sp³-hybridized carbons (Fsp3) is 0.923. The van der Waals surface area contributed by atoms with Crippen LogP contribution < -0.4 is 5.32 Å². The van der Waals surface area contributed by atoms with E-state index >= 15 is 0 Å². The molecule has 1 amide bonds. The molecule has 0 aromatic rings. The van der Waals surface area contributed by atoms with Crippen LogP contribution in [-0.2, 0) is 4.79 Å². The van der Waals surface area contributed by atoms with Crippen LogP contribution in [0.3, 0.4) is 0 Å². The molecule has 2 aliphatic rings. The SMILES string of the molecule is CCC1(CO)CCN(C(=O)CNC2CC2)CC1.Cl. The zero-order chi connectivity index (χ0) is 12.3. The van der Waals surface area contributed by atoms with E-state index in [1.54, 1.807) is 0 Å². The van der Waals surface area contributed by atoms with Crippen LogP contribution in [0.25, 0.3) is 0 Å². The Bertz CT molecular complexity index is 268. The summed E-state index contributed by atoms with van der Waals surface area (Å²) >= 11 is 0. The molecule has 1 saturated heterocycles. The largest absolute Gasteiger partial charge is 0.396 e. The lowest BCUT2D eigenvalue weighted by Crippen LogP contribution is -2.47. The molecule has 0 spiro atoms. The number of carbonyl (C=O) groups is 1. The van der Waals surface area contributed by atoms with E-state index in [0.717, 1.165) is 32.4 Å². The van der Waals surface area contributed by atoms with Crippen LogP contribution in [0.2, 0.25) is 0 Å². The molecule has 18 heavy (non-hydrogen) atoms. The third-order valence-corrected chi connectivity index (χ3v) is 4.38. The Morgan fingerprint density at radius 2 is 2.00 bits per heavy atom. The first-order valence-electron chi connectivity index (χ1n) is 6.81. The first kappa shape index (κ1) is 15.7. The summed E-state index contributed by atoms with van der Waals surface area (Å²) in [5, 5.41) is 12.7. The molecular formula is C13H25ClN2O2. The summed E-state index contributed by atoms with van der Waals surface area (Å²) in [4.78, 5) is 13.9. The molecular weight excluding hydrogens is 252 g/mol. The Labute approximate surface area is 116 Å². The lowest BCUT2D eigenvalue weighted by atomic mass is 9.77. The summed E-state index contributed by atoms with van der Waals surface area (Å²) in [6.07, 6.45) is 5.32. The smallest absolute Gasteiger partial charge is 0.236 e. The average molecular weight is 277 g/mol. The molecule has 0 bridgehead atoms. The first-order valence-corrected chi connectivity index (χ1v) is 6.81. The minimum Gasteiger partial charge on any atom is -0.396 e. The van der Waals surface area contributed by atoms with Gasteiger partial charge in [0.05, 0.1) is 6.54 Å². The Morgan fingerprint density at radius 3 is 2.44 bits per heavy atom. The number of nitrogens with one attached hydrogen (secondary N) is 1. The summed E-state index contributed by atoms with van der Waals surface area (Å²) in [5.41, 5.74) is 0.0701. The van der Waals surface area contributed by atoms with Gasteiger partial charge in [0.25, 0.3) is 0 Å². The minimum atomic E-state index is 0. The Kier molecular flexibility index (Phi) is 5.89. The summed E-state index contributed by atoms with van der Waals surface area (Å²) in [5.74, 6) is 0.222. The van der Waals surface area contributed by atoms with Crippen LogP contribution in [0.4, 0.5) is 0 Å². The number of rotatable bonds is 5. The van der Waals surface area contributed by atoms with Gasteiger partial charge in [0.2, 0.25) is 5.91 Å². The van der Waals surface area contributed by atoms with Crippen molar-refractivity contribution in [1.29, 1.82) is 0 Å². The topological polar surface area (TPSA) is 52.6 Å². The summed E-state index contributed by atoms with van der Waals surface area (Å²) < 4.78 is 0. The van der Waals surface area contributed by atoms with E-state index in [1.165, 1.54) is 12.8 Å². The predicted octanol–water partition coefficient (Wildman–Crippen LogP) is 1.17. The quantitative estimate of drug-likeness (QED) is 0.793. The monoisotopic (exact) mass is 276 g/mol. The summed E-state index contributed by atoms with van der Waals surface area (Å²) in [7, 11) is 0. The van der Waals surface area contributed by atoms with Crippen LogP contribution in [0, 0.1) is 5.41 Å². The normalized spacial score (nSPS) is 22.4. The van der Waals surface area contributed by atoms with Gasteiger partial charge in [-0.25, -0.2) is 0 Å². The molecule has 2 N–H and O–H groups in total. The second kappa shape index (κ2) is 6.73. The lowest BCUT2D eigenvalue weighted by molar-refractivity contribution is -0.133. The number of likely N-dealkylation sites (tertiary alicyclic amines) is 1. The maximum Gasteiger partial charge on any atom is 0.236 e. The van der Waals surface area contributed by atoms with Crippen molar-refractivity contribution in [2.45, 2.75) is 45.1 Å². The molecule has 5 heteroatoms. The molecule has 1 aliphatic heterocycles. The van der Waals surface area contributed by atoms with Crippen LogP contribution in [0.1, 0.15) is 39.0 Å².